The molecule has 1 aliphatic carbocycles. The van der Waals surface area contributed by atoms with Crippen molar-refractivity contribution in [2.45, 2.75) is 44.8 Å². The summed E-state index contributed by atoms with van der Waals surface area (Å²) in [5.41, 5.74) is 2.58. The van der Waals surface area contributed by atoms with Crippen LogP contribution in [0.3, 0.4) is 0 Å². The van der Waals surface area contributed by atoms with Crippen LogP contribution in [0.4, 0.5) is 0 Å². The lowest BCUT2D eigenvalue weighted by atomic mass is 9.99. The van der Waals surface area contributed by atoms with Crippen molar-refractivity contribution >= 4 is 11.8 Å². The molecule has 2 amide bonds. The zero-order valence-corrected chi connectivity index (χ0v) is 14.0. The van der Waals surface area contributed by atoms with Gasteiger partial charge in [-0.15, -0.1) is 0 Å². The molecule has 1 heterocycles. The van der Waals surface area contributed by atoms with E-state index in [0.717, 1.165) is 30.7 Å². The normalized spacial score (nSPS) is 19.7. The molecule has 0 spiro atoms. The highest BCUT2D eigenvalue weighted by Gasteiger charge is 2.31. The Hall–Kier alpha value is -1.88. The van der Waals surface area contributed by atoms with E-state index in [2.05, 4.69) is 23.5 Å². The molecule has 1 fully saturated rings. The first-order chi connectivity index (χ1) is 11.0. The van der Waals surface area contributed by atoms with Gasteiger partial charge in [0.15, 0.2) is 12.6 Å². The molecule has 0 saturated heterocycles. The Morgan fingerprint density at radius 3 is 2.70 bits per heavy atom. The van der Waals surface area contributed by atoms with E-state index in [9.17, 15) is 9.59 Å². The minimum atomic E-state index is -0.204. The predicted octanol–water partition coefficient (Wildman–Crippen LogP) is -0.247. The van der Waals surface area contributed by atoms with Crippen molar-refractivity contribution in [2.24, 2.45) is 0 Å². The number of nitrogens with zero attached hydrogens (tertiary/aromatic N) is 1. The summed E-state index contributed by atoms with van der Waals surface area (Å²) in [7, 11) is 1.92. The van der Waals surface area contributed by atoms with Gasteiger partial charge < -0.3 is 15.1 Å². The Balaban J connectivity index is 1.55. The lowest BCUT2D eigenvalue weighted by molar-refractivity contribution is -0.886. The third-order valence-electron chi connectivity index (χ3n) is 4.93. The van der Waals surface area contributed by atoms with Crippen molar-refractivity contribution in [3.8, 4) is 0 Å². The third kappa shape index (κ3) is 3.91. The van der Waals surface area contributed by atoms with Crippen molar-refractivity contribution < 1.29 is 14.5 Å². The standard InChI is InChI=1S/C18H25N3O2/c1-13(20(2)12-17(22)19-16-7-8-16)18(23)21-10-9-14-5-3-4-6-15(14)11-21/h3-6,13,16H,7-12H2,1-2H3,(H,19,22)/p+1/t13-/m1/s1. The molecule has 23 heavy (non-hydrogen) atoms. The minimum Gasteiger partial charge on any atom is -0.348 e. The molecular weight excluding hydrogens is 290 g/mol. The summed E-state index contributed by atoms with van der Waals surface area (Å²) in [5.74, 6) is 0.185. The third-order valence-corrected chi connectivity index (χ3v) is 4.93. The lowest BCUT2D eigenvalue weighted by Crippen LogP contribution is -3.15. The molecule has 1 unspecified atom stereocenters. The van der Waals surface area contributed by atoms with E-state index < -0.39 is 0 Å². The van der Waals surface area contributed by atoms with Crippen molar-refractivity contribution in [1.82, 2.24) is 10.2 Å². The average molecular weight is 316 g/mol. The van der Waals surface area contributed by atoms with Crippen LogP contribution in [0, 0.1) is 0 Å². The van der Waals surface area contributed by atoms with Gasteiger partial charge in [0.1, 0.15) is 0 Å². The van der Waals surface area contributed by atoms with Gasteiger partial charge in [0.25, 0.3) is 11.8 Å². The quantitative estimate of drug-likeness (QED) is 0.787. The van der Waals surface area contributed by atoms with Gasteiger partial charge in [-0.25, -0.2) is 0 Å². The first-order valence-corrected chi connectivity index (χ1v) is 8.52. The molecule has 1 aromatic carbocycles. The van der Waals surface area contributed by atoms with Crippen LogP contribution in [0.15, 0.2) is 24.3 Å². The maximum absolute atomic E-state index is 12.7. The molecular formula is C18H26N3O2+. The van der Waals surface area contributed by atoms with Gasteiger partial charge in [0.2, 0.25) is 0 Å². The Bertz CT molecular complexity index is 598. The van der Waals surface area contributed by atoms with Gasteiger partial charge in [0, 0.05) is 19.1 Å². The highest BCUT2D eigenvalue weighted by molar-refractivity contribution is 5.81. The van der Waals surface area contributed by atoms with Crippen molar-refractivity contribution in [3.63, 3.8) is 0 Å². The Morgan fingerprint density at radius 1 is 1.30 bits per heavy atom. The fourth-order valence-corrected chi connectivity index (χ4v) is 3.08. The molecule has 5 nitrogen and oxygen atoms in total. The summed E-state index contributed by atoms with van der Waals surface area (Å²) in [6.07, 6.45) is 3.09. The van der Waals surface area contributed by atoms with Crippen LogP contribution in [0.25, 0.3) is 0 Å². The van der Waals surface area contributed by atoms with E-state index in [4.69, 9.17) is 0 Å². The van der Waals surface area contributed by atoms with Crippen LogP contribution >= 0.6 is 0 Å². The maximum Gasteiger partial charge on any atom is 0.280 e. The second-order valence-electron chi connectivity index (χ2n) is 6.87. The fourth-order valence-electron chi connectivity index (χ4n) is 3.08. The molecule has 5 heteroatoms. The topological polar surface area (TPSA) is 53.9 Å². The molecule has 0 aromatic heterocycles. The first-order valence-electron chi connectivity index (χ1n) is 8.52. The Kier molecular flexibility index (Phi) is 4.66. The van der Waals surface area contributed by atoms with Crippen LogP contribution in [-0.4, -0.2) is 48.9 Å². The molecule has 2 atom stereocenters. The highest BCUT2D eigenvalue weighted by Crippen LogP contribution is 2.19. The zero-order valence-electron chi connectivity index (χ0n) is 14.0. The summed E-state index contributed by atoms with van der Waals surface area (Å²) >= 11 is 0. The monoisotopic (exact) mass is 316 g/mol. The van der Waals surface area contributed by atoms with E-state index in [-0.39, 0.29) is 17.9 Å². The molecule has 1 saturated carbocycles. The second-order valence-corrected chi connectivity index (χ2v) is 6.87. The number of hydrogen-bond acceptors (Lipinski definition) is 2. The van der Waals surface area contributed by atoms with E-state index in [1.165, 1.54) is 11.1 Å². The maximum atomic E-state index is 12.7. The Morgan fingerprint density at radius 2 is 2.00 bits per heavy atom. The number of hydrogen-bond donors (Lipinski definition) is 2. The lowest BCUT2D eigenvalue weighted by Gasteiger charge is -2.32. The molecule has 0 radical (unpaired) electrons. The molecule has 124 valence electrons. The van der Waals surface area contributed by atoms with E-state index in [1.54, 1.807) is 0 Å². The van der Waals surface area contributed by atoms with Crippen molar-refractivity contribution in [3.05, 3.63) is 35.4 Å². The van der Waals surface area contributed by atoms with Gasteiger partial charge >= 0.3 is 0 Å². The number of benzene rings is 1. The van der Waals surface area contributed by atoms with Gasteiger partial charge in [-0.05, 0) is 37.3 Å². The van der Waals surface area contributed by atoms with Crippen molar-refractivity contribution in [1.29, 1.82) is 0 Å². The molecule has 1 aliphatic heterocycles. The van der Waals surface area contributed by atoms with Gasteiger partial charge in [-0.3, -0.25) is 9.59 Å². The van der Waals surface area contributed by atoms with E-state index in [1.807, 2.05) is 24.9 Å². The highest BCUT2D eigenvalue weighted by atomic mass is 16.2. The van der Waals surface area contributed by atoms with E-state index >= 15 is 0 Å². The summed E-state index contributed by atoms with van der Waals surface area (Å²) in [6.45, 7) is 3.72. The number of likely N-dealkylation sites (N-methyl/N-ethyl adjacent to an activating group) is 1. The number of rotatable bonds is 5. The largest absolute Gasteiger partial charge is 0.348 e. The van der Waals surface area contributed by atoms with Crippen molar-refractivity contribution in [2.75, 3.05) is 20.1 Å². The molecule has 0 bridgehead atoms. The Labute approximate surface area is 137 Å². The summed E-state index contributed by atoms with van der Waals surface area (Å²) in [5, 5.41) is 2.99. The van der Waals surface area contributed by atoms with Gasteiger partial charge in [-0.2, -0.15) is 0 Å². The zero-order chi connectivity index (χ0) is 16.4. The number of fused-ring (bicyclic) bond motifs is 1. The SMILES string of the molecule is C[C@H](C(=O)N1CCc2ccccc2C1)[NH+](C)CC(=O)NC1CC1. The van der Waals surface area contributed by atoms with Crippen LogP contribution in [-0.2, 0) is 22.6 Å². The number of carbonyl (C=O) groups is 2. The smallest absolute Gasteiger partial charge is 0.280 e. The summed E-state index contributed by atoms with van der Waals surface area (Å²) in [6, 6.07) is 8.48. The van der Waals surface area contributed by atoms with Gasteiger partial charge in [-0.1, -0.05) is 24.3 Å². The minimum absolute atomic E-state index is 0.0497. The number of amides is 2. The molecule has 2 aliphatic rings. The molecule has 1 aromatic rings. The van der Waals surface area contributed by atoms with Gasteiger partial charge in [0.05, 0.1) is 7.05 Å². The summed E-state index contributed by atoms with van der Waals surface area (Å²) < 4.78 is 0. The van der Waals surface area contributed by atoms with Crippen LogP contribution < -0.4 is 10.2 Å². The number of carbonyl (C=O) groups excluding carboxylic acids is 2. The molecule has 2 N–H and O–H groups in total. The predicted molar refractivity (Wildman–Crippen MR) is 87.9 cm³/mol. The summed E-state index contributed by atoms with van der Waals surface area (Å²) in [4.78, 5) is 27.5. The van der Waals surface area contributed by atoms with Crippen LogP contribution in [0.5, 0.6) is 0 Å². The number of quaternary nitrogens is 1. The number of nitrogens with one attached hydrogen (secondary N) is 2. The average Bonchev–Trinajstić information content (AvgIpc) is 3.36. The molecule has 3 rings (SSSR count). The first kappa shape index (κ1) is 16.0. The second kappa shape index (κ2) is 6.71. The van der Waals surface area contributed by atoms with Crippen LogP contribution in [0.1, 0.15) is 30.9 Å². The van der Waals surface area contributed by atoms with E-state index in [0.29, 0.717) is 19.1 Å². The fraction of sp³-hybridized carbons (Fsp3) is 0.556. The van der Waals surface area contributed by atoms with Crippen LogP contribution in [0.2, 0.25) is 0 Å².